The first-order valence-corrected chi connectivity index (χ1v) is 9.96. The number of nitrogen functional groups attached to an aromatic ring is 1. The topological polar surface area (TPSA) is 101 Å². The zero-order chi connectivity index (χ0) is 20.8. The number of aromatic nitrogens is 2. The van der Waals surface area contributed by atoms with Crippen LogP contribution in [0.3, 0.4) is 0 Å². The van der Waals surface area contributed by atoms with Crippen LogP contribution < -0.4 is 21.9 Å². The zero-order valence-corrected chi connectivity index (χ0v) is 17.4. The standard InChI is InChI=1S/C19H24Cl2N4O3/c1-3-5-7-24(18(27)12-9-13(20)11-14(21)10-12)15-16(22)25(8-6-4-2)19(28)23-17(15)26/h9-11H,3-8,22H2,1-2H3,(H,23,26,28). The van der Waals surface area contributed by atoms with E-state index in [1.165, 1.54) is 27.7 Å². The first kappa shape index (κ1) is 22.0. The van der Waals surface area contributed by atoms with Crippen LogP contribution in [0.2, 0.25) is 10.0 Å². The van der Waals surface area contributed by atoms with Crippen LogP contribution in [0.25, 0.3) is 0 Å². The Balaban J connectivity index is 2.60. The van der Waals surface area contributed by atoms with Crippen LogP contribution in [0.4, 0.5) is 11.5 Å². The van der Waals surface area contributed by atoms with Gasteiger partial charge in [0.1, 0.15) is 5.82 Å². The van der Waals surface area contributed by atoms with Gasteiger partial charge in [-0.2, -0.15) is 0 Å². The molecule has 1 aromatic heterocycles. The van der Waals surface area contributed by atoms with Crippen molar-refractivity contribution in [1.29, 1.82) is 0 Å². The fourth-order valence-corrected chi connectivity index (χ4v) is 3.37. The van der Waals surface area contributed by atoms with E-state index in [9.17, 15) is 14.4 Å². The van der Waals surface area contributed by atoms with E-state index in [4.69, 9.17) is 28.9 Å². The maximum Gasteiger partial charge on any atom is 0.330 e. The highest BCUT2D eigenvalue weighted by Gasteiger charge is 2.25. The number of nitrogens with one attached hydrogen (secondary N) is 1. The van der Waals surface area contributed by atoms with Crippen LogP contribution in [-0.4, -0.2) is 22.0 Å². The molecule has 0 aliphatic heterocycles. The van der Waals surface area contributed by atoms with Gasteiger partial charge in [0, 0.05) is 28.7 Å². The molecule has 7 nitrogen and oxygen atoms in total. The lowest BCUT2D eigenvalue weighted by Crippen LogP contribution is -2.41. The van der Waals surface area contributed by atoms with Gasteiger partial charge < -0.3 is 10.6 Å². The van der Waals surface area contributed by atoms with Crippen molar-refractivity contribution in [3.05, 3.63) is 54.6 Å². The number of unbranched alkanes of at least 4 members (excludes halogenated alkanes) is 2. The maximum atomic E-state index is 13.2. The summed E-state index contributed by atoms with van der Waals surface area (Å²) in [4.78, 5) is 41.5. The number of H-pyrrole nitrogens is 1. The Hall–Kier alpha value is -2.25. The minimum absolute atomic E-state index is 0.0280. The number of nitrogens with two attached hydrogens (primary N) is 1. The molecule has 0 saturated carbocycles. The van der Waals surface area contributed by atoms with Crippen molar-refractivity contribution in [2.24, 2.45) is 0 Å². The van der Waals surface area contributed by atoms with Gasteiger partial charge in [0.05, 0.1) is 0 Å². The highest BCUT2D eigenvalue weighted by Crippen LogP contribution is 2.24. The van der Waals surface area contributed by atoms with Crippen molar-refractivity contribution in [2.45, 2.75) is 46.1 Å². The lowest BCUT2D eigenvalue weighted by Gasteiger charge is -2.24. The Bertz CT molecular complexity index is 948. The molecule has 28 heavy (non-hydrogen) atoms. The molecule has 2 aromatic rings. The van der Waals surface area contributed by atoms with Crippen LogP contribution in [0.15, 0.2) is 27.8 Å². The fraction of sp³-hybridized carbons (Fsp3) is 0.421. The van der Waals surface area contributed by atoms with E-state index in [1.54, 1.807) is 0 Å². The first-order chi connectivity index (χ1) is 13.3. The Morgan fingerprint density at radius 3 is 2.29 bits per heavy atom. The van der Waals surface area contributed by atoms with Gasteiger partial charge in [-0.15, -0.1) is 0 Å². The van der Waals surface area contributed by atoms with E-state index >= 15 is 0 Å². The molecule has 9 heteroatoms. The fourth-order valence-electron chi connectivity index (χ4n) is 2.84. The van der Waals surface area contributed by atoms with Crippen molar-refractivity contribution in [2.75, 3.05) is 17.2 Å². The van der Waals surface area contributed by atoms with Crippen molar-refractivity contribution < 1.29 is 4.79 Å². The van der Waals surface area contributed by atoms with Crippen LogP contribution in [0, 0.1) is 0 Å². The van der Waals surface area contributed by atoms with E-state index in [-0.39, 0.29) is 23.6 Å². The quantitative estimate of drug-likeness (QED) is 0.671. The molecule has 0 aliphatic rings. The Morgan fingerprint density at radius 1 is 1.11 bits per heavy atom. The summed E-state index contributed by atoms with van der Waals surface area (Å²) in [6, 6.07) is 4.47. The molecule has 0 unspecified atom stereocenters. The third-order valence-corrected chi connectivity index (χ3v) is 4.75. The molecule has 1 heterocycles. The minimum atomic E-state index is -0.701. The van der Waals surface area contributed by atoms with E-state index < -0.39 is 17.2 Å². The summed E-state index contributed by atoms with van der Waals surface area (Å²) in [6.07, 6.45) is 3.00. The Kier molecular flexibility index (Phi) is 7.71. The van der Waals surface area contributed by atoms with Gasteiger partial charge >= 0.3 is 5.69 Å². The molecular formula is C19H24Cl2N4O3. The molecule has 0 bridgehead atoms. The number of carbonyl (C=O) groups excluding carboxylic acids is 1. The molecular weight excluding hydrogens is 403 g/mol. The van der Waals surface area contributed by atoms with Gasteiger partial charge in [0.25, 0.3) is 11.5 Å². The van der Waals surface area contributed by atoms with Gasteiger partial charge in [0.2, 0.25) is 0 Å². The van der Waals surface area contributed by atoms with Crippen LogP contribution >= 0.6 is 23.2 Å². The van der Waals surface area contributed by atoms with Crippen molar-refractivity contribution in [3.8, 4) is 0 Å². The summed E-state index contributed by atoms with van der Waals surface area (Å²) >= 11 is 12.0. The number of amides is 1. The number of halogens is 2. The van der Waals surface area contributed by atoms with Gasteiger partial charge in [-0.1, -0.05) is 49.9 Å². The number of hydrogen-bond donors (Lipinski definition) is 2. The predicted octanol–water partition coefficient (Wildman–Crippen LogP) is 3.67. The molecule has 0 fully saturated rings. The van der Waals surface area contributed by atoms with Gasteiger partial charge in [-0.3, -0.25) is 19.1 Å². The van der Waals surface area contributed by atoms with Gasteiger partial charge in [-0.05, 0) is 31.0 Å². The highest BCUT2D eigenvalue weighted by molar-refractivity contribution is 6.35. The Labute approximate surface area is 173 Å². The number of nitrogens with zero attached hydrogens (tertiary/aromatic N) is 2. The van der Waals surface area contributed by atoms with E-state index in [1.807, 2.05) is 13.8 Å². The summed E-state index contributed by atoms with van der Waals surface area (Å²) in [5.41, 5.74) is 5.08. The summed E-state index contributed by atoms with van der Waals surface area (Å²) in [5, 5.41) is 0.613. The molecule has 152 valence electrons. The van der Waals surface area contributed by atoms with Crippen LogP contribution in [-0.2, 0) is 6.54 Å². The number of anilines is 2. The number of carbonyl (C=O) groups is 1. The monoisotopic (exact) mass is 426 g/mol. The summed E-state index contributed by atoms with van der Waals surface area (Å²) in [6.45, 7) is 4.56. The smallest absolute Gasteiger partial charge is 0.330 e. The number of aromatic amines is 1. The van der Waals surface area contributed by atoms with Gasteiger partial charge in [0.15, 0.2) is 5.69 Å². The minimum Gasteiger partial charge on any atom is -0.383 e. The number of rotatable bonds is 8. The van der Waals surface area contributed by atoms with Crippen molar-refractivity contribution in [3.63, 3.8) is 0 Å². The second-order valence-electron chi connectivity index (χ2n) is 6.47. The lowest BCUT2D eigenvalue weighted by atomic mass is 10.1. The first-order valence-electron chi connectivity index (χ1n) is 9.20. The number of benzene rings is 1. The van der Waals surface area contributed by atoms with E-state index in [2.05, 4.69) is 4.98 Å². The average molecular weight is 427 g/mol. The SMILES string of the molecule is CCCCN(C(=O)c1cc(Cl)cc(Cl)c1)c1c(N)n(CCCC)c(=O)[nH]c1=O. The second-order valence-corrected chi connectivity index (χ2v) is 7.34. The molecule has 1 aromatic carbocycles. The van der Waals surface area contributed by atoms with Gasteiger partial charge in [-0.25, -0.2) is 4.79 Å². The van der Waals surface area contributed by atoms with Crippen LogP contribution in [0.1, 0.15) is 49.9 Å². The molecule has 2 rings (SSSR count). The molecule has 0 atom stereocenters. The molecule has 1 amide bonds. The molecule has 3 N–H and O–H groups in total. The zero-order valence-electron chi connectivity index (χ0n) is 15.9. The van der Waals surface area contributed by atoms with E-state index in [0.29, 0.717) is 29.4 Å². The van der Waals surface area contributed by atoms with Crippen molar-refractivity contribution >= 4 is 40.6 Å². The average Bonchev–Trinajstić information content (AvgIpc) is 2.62. The van der Waals surface area contributed by atoms with Crippen molar-refractivity contribution in [1.82, 2.24) is 9.55 Å². The largest absolute Gasteiger partial charge is 0.383 e. The molecule has 0 spiro atoms. The predicted molar refractivity (Wildman–Crippen MR) is 114 cm³/mol. The summed E-state index contributed by atoms with van der Waals surface area (Å²) in [7, 11) is 0. The molecule has 0 saturated heterocycles. The van der Waals surface area contributed by atoms with E-state index in [0.717, 1.165) is 12.8 Å². The normalized spacial score (nSPS) is 10.9. The molecule has 0 radical (unpaired) electrons. The number of hydrogen-bond acceptors (Lipinski definition) is 4. The second kappa shape index (κ2) is 9.80. The van der Waals surface area contributed by atoms with Crippen LogP contribution in [0.5, 0.6) is 0 Å². The molecule has 0 aliphatic carbocycles. The summed E-state index contributed by atoms with van der Waals surface area (Å²) in [5.74, 6) is -0.490. The maximum absolute atomic E-state index is 13.2. The lowest BCUT2D eigenvalue weighted by molar-refractivity contribution is 0.0986. The highest BCUT2D eigenvalue weighted by atomic mass is 35.5. The Morgan fingerprint density at radius 2 is 1.71 bits per heavy atom. The third-order valence-electron chi connectivity index (χ3n) is 4.31. The summed E-state index contributed by atoms with van der Waals surface area (Å²) < 4.78 is 1.29. The third kappa shape index (κ3) is 4.97.